The van der Waals surface area contributed by atoms with Crippen LogP contribution in [0.25, 0.3) is 6.08 Å². The number of nitrogens with one attached hydrogen (secondary N) is 1. The van der Waals surface area contributed by atoms with Gasteiger partial charge in [0.1, 0.15) is 0 Å². The lowest BCUT2D eigenvalue weighted by atomic mass is 10.1. The number of carbonyl (C=O) groups excluding carboxylic acids is 2. The van der Waals surface area contributed by atoms with Crippen LogP contribution in [0.15, 0.2) is 54.6 Å². The highest BCUT2D eigenvalue weighted by Crippen LogP contribution is 2.20. The quantitative estimate of drug-likeness (QED) is 0.786. The summed E-state index contributed by atoms with van der Waals surface area (Å²) in [4.78, 5) is 28.5. The summed E-state index contributed by atoms with van der Waals surface area (Å²) in [5.74, 6) is -0.104. The van der Waals surface area contributed by atoms with Crippen LogP contribution in [-0.2, 0) is 9.59 Å². The summed E-state index contributed by atoms with van der Waals surface area (Å²) in [6.45, 7) is 4.87. The number of para-hydroxylation sites is 1. The second-order valence-electron chi connectivity index (χ2n) is 6.87. The average Bonchev–Trinajstić information content (AvgIpc) is 2.69. The van der Waals surface area contributed by atoms with Gasteiger partial charge < -0.3 is 10.2 Å². The molecule has 0 aliphatic carbocycles. The van der Waals surface area contributed by atoms with Gasteiger partial charge in [-0.3, -0.25) is 14.5 Å². The molecule has 0 spiro atoms. The SMILES string of the molecule is Cc1ccc(C=CC(=O)N2CCN(CC(=O)Nc3ccccc3Cl)CC2)cc1. The first-order valence-corrected chi connectivity index (χ1v) is 9.69. The van der Waals surface area contributed by atoms with Crippen LogP contribution in [0, 0.1) is 6.92 Å². The Kier molecular flexibility index (Phi) is 6.85. The number of nitrogens with zero attached hydrogens (tertiary/aromatic N) is 2. The minimum absolute atomic E-state index is 0.000689. The Morgan fingerprint density at radius 2 is 1.71 bits per heavy atom. The van der Waals surface area contributed by atoms with Gasteiger partial charge in [-0.15, -0.1) is 0 Å². The lowest BCUT2D eigenvalue weighted by Gasteiger charge is -2.33. The van der Waals surface area contributed by atoms with Crippen molar-refractivity contribution in [3.05, 3.63) is 70.8 Å². The van der Waals surface area contributed by atoms with Crippen LogP contribution in [0.5, 0.6) is 0 Å². The molecule has 1 aliphatic heterocycles. The number of hydrogen-bond acceptors (Lipinski definition) is 3. The van der Waals surface area contributed by atoms with E-state index in [4.69, 9.17) is 11.6 Å². The number of halogens is 1. The first kappa shape index (κ1) is 20.1. The number of aryl methyl sites for hydroxylation is 1. The van der Waals surface area contributed by atoms with Gasteiger partial charge in [0.2, 0.25) is 11.8 Å². The van der Waals surface area contributed by atoms with Gasteiger partial charge in [-0.2, -0.15) is 0 Å². The molecule has 146 valence electrons. The molecule has 2 amide bonds. The van der Waals surface area contributed by atoms with Gasteiger partial charge in [0, 0.05) is 32.3 Å². The molecule has 0 aromatic heterocycles. The molecule has 0 unspecified atom stereocenters. The molecule has 1 N–H and O–H groups in total. The maximum Gasteiger partial charge on any atom is 0.246 e. The zero-order valence-corrected chi connectivity index (χ0v) is 16.7. The van der Waals surface area contributed by atoms with E-state index in [0.717, 1.165) is 5.56 Å². The molecule has 0 atom stereocenters. The molecule has 1 saturated heterocycles. The molecule has 1 fully saturated rings. The van der Waals surface area contributed by atoms with Crippen molar-refractivity contribution < 1.29 is 9.59 Å². The van der Waals surface area contributed by atoms with E-state index in [1.165, 1.54) is 5.56 Å². The zero-order valence-electron chi connectivity index (χ0n) is 15.9. The predicted octanol–water partition coefficient (Wildman–Crippen LogP) is 3.44. The Balaban J connectivity index is 1.44. The summed E-state index contributed by atoms with van der Waals surface area (Å²) in [6.07, 6.45) is 3.45. The number of hydrogen-bond donors (Lipinski definition) is 1. The Hall–Kier alpha value is -2.63. The smallest absolute Gasteiger partial charge is 0.246 e. The van der Waals surface area contributed by atoms with E-state index >= 15 is 0 Å². The van der Waals surface area contributed by atoms with Gasteiger partial charge in [0.05, 0.1) is 17.3 Å². The maximum absolute atomic E-state index is 12.4. The molecule has 1 heterocycles. The van der Waals surface area contributed by atoms with E-state index in [-0.39, 0.29) is 18.4 Å². The molecule has 28 heavy (non-hydrogen) atoms. The van der Waals surface area contributed by atoms with E-state index in [1.807, 2.05) is 59.2 Å². The van der Waals surface area contributed by atoms with E-state index < -0.39 is 0 Å². The van der Waals surface area contributed by atoms with Crippen LogP contribution in [-0.4, -0.2) is 54.3 Å². The molecule has 0 bridgehead atoms. The third kappa shape index (κ3) is 5.68. The minimum Gasteiger partial charge on any atom is -0.337 e. The monoisotopic (exact) mass is 397 g/mol. The number of piperazine rings is 1. The number of anilines is 1. The van der Waals surface area contributed by atoms with Crippen LogP contribution in [0.1, 0.15) is 11.1 Å². The summed E-state index contributed by atoms with van der Waals surface area (Å²) < 4.78 is 0. The molecule has 6 heteroatoms. The molecule has 0 radical (unpaired) electrons. The first-order chi connectivity index (χ1) is 13.5. The standard InChI is InChI=1S/C22H24ClN3O2/c1-17-6-8-18(9-7-17)10-11-22(28)26-14-12-25(13-15-26)16-21(27)24-20-5-3-2-4-19(20)23/h2-11H,12-16H2,1H3,(H,24,27). The molecule has 3 rings (SSSR count). The topological polar surface area (TPSA) is 52.7 Å². The second kappa shape index (κ2) is 9.53. The van der Waals surface area contributed by atoms with Crippen molar-refractivity contribution in [2.75, 3.05) is 38.0 Å². The van der Waals surface area contributed by atoms with Gasteiger partial charge in [-0.05, 0) is 30.7 Å². The number of benzene rings is 2. The van der Waals surface area contributed by atoms with Gasteiger partial charge in [-0.25, -0.2) is 0 Å². The fraction of sp³-hybridized carbons (Fsp3) is 0.273. The molecule has 0 saturated carbocycles. The summed E-state index contributed by atoms with van der Waals surface area (Å²) in [5.41, 5.74) is 2.82. The lowest BCUT2D eigenvalue weighted by molar-refractivity contribution is -0.127. The van der Waals surface area contributed by atoms with Crippen molar-refractivity contribution in [3.8, 4) is 0 Å². The molecular formula is C22H24ClN3O2. The van der Waals surface area contributed by atoms with Gasteiger partial charge in [0.25, 0.3) is 0 Å². The van der Waals surface area contributed by atoms with Crippen LogP contribution >= 0.6 is 11.6 Å². The van der Waals surface area contributed by atoms with Crippen LogP contribution in [0.3, 0.4) is 0 Å². The number of rotatable bonds is 5. The minimum atomic E-state index is -0.104. The van der Waals surface area contributed by atoms with Gasteiger partial charge >= 0.3 is 0 Å². The highest BCUT2D eigenvalue weighted by molar-refractivity contribution is 6.33. The molecule has 2 aromatic carbocycles. The third-order valence-corrected chi connectivity index (χ3v) is 5.02. The Labute approximate surface area is 170 Å². The number of amides is 2. The molecule has 1 aliphatic rings. The van der Waals surface area contributed by atoms with Crippen molar-refractivity contribution >= 4 is 35.2 Å². The van der Waals surface area contributed by atoms with Crippen molar-refractivity contribution in [2.45, 2.75) is 6.92 Å². The molecular weight excluding hydrogens is 374 g/mol. The van der Waals surface area contributed by atoms with E-state index in [0.29, 0.717) is 36.9 Å². The predicted molar refractivity (Wildman–Crippen MR) is 113 cm³/mol. The molecule has 2 aromatic rings. The summed E-state index contributed by atoms with van der Waals surface area (Å²) in [7, 11) is 0. The van der Waals surface area contributed by atoms with Crippen molar-refractivity contribution in [1.82, 2.24) is 9.80 Å². The summed E-state index contributed by atoms with van der Waals surface area (Å²) in [6, 6.07) is 15.2. The lowest BCUT2D eigenvalue weighted by Crippen LogP contribution is -2.50. The zero-order chi connectivity index (χ0) is 19.9. The van der Waals surface area contributed by atoms with E-state index in [1.54, 1.807) is 18.2 Å². The van der Waals surface area contributed by atoms with Gasteiger partial charge in [-0.1, -0.05) is 53.6 Å². The Bertz CT molecular complexity index is 856. The van der Waals surface area contributed by atoms with Crippen LogP contribution in [0.2, 0.25) is 5.02 Å². The third-order valence-electron chi connectivity index (χ3n) is 4.69. The highest BCUT2D eigenvalue weighted by Gasteiger charge is 2.21. The Morgan fingerprint density at radius 1 is 1.04 bits per heavy atom. The first-order valence-electron chi connectivity index (χ1n) is 9.31. The van der Waals surface area contributed by atoms with E-state index in [2.05, 4.69) is 5.32 Å². The number of carbonyl (C=O) groups is 2. The normalized spacial score (nSPS) is 15.0. The Morgan fingerprint density at radius 3 is 2.39 bits per heavy atom. The van der Waals surface area contributed by atoms with Crippen LogP contribution in [0.4, 0.5) is 5.69 Å². The van der Waals surface area contributed by atoms with E-state index in [9.17, 15) is 9.59 Å². The largest absolute Gasteiger partial charge is 0.337 e. The summed E-state index contributed by atoms with van der Waals surface area (Å²) in [5, 5.41) is 3.35. The maximum atomic E-state index is 12.4. The summed E-state index contributed by atoms with van der Waals surface area (Å²) >= 11 is 6.07. The average molecular weight is 398 g/mol. The second-order valence-corrected chi connectivity index (χ2v) is 7.28. The molecule has 5 nitrogen and oxygen atoms in total. The highest BCUT2D eigenvalue weighted by atomic mass is 35.5. The van der Waals surface area contributed by atoms with Crippen molar-refractivity contribution in [1.29, 1.82) is 0 Å². The van der Waals surface area contributed by atoms with Crippen LogP contribution < -0.4 is 5.32 Å². The fourth-order valence-electron chi connectivity index (χ4n) is 3.03. The van der Waals surface area contributed by atoms with Gasteiger partial charge in [0.15, 0.2) is 0 Å². The van der Waals surface area contributed by atoms with Crippen molar-refractivity contribution in [2.24, 2.45) is 0 Å². The van der Waals surface area contributed by atoms with Crippen molar-refractivity contribution in [3.63, 3.8) is 0 Å². The fourth-order valence-corrected chi connectivity index (χ4v) is 3.22.